The number of hydrogen-bond donors (Lipinski definition) is 3. The maximum atomic E-state index is 12.6. The third-order valence-corrected chi connectivity index (χ3v) is 6.01. The molecule has 1 amide bonds. The number of Topliss-reactive ketones (excluding diaryl/α,β-unsaturated/α-hetero) is 2. The number of carbonyl (C=O) groups is 4. The summed E-state index contributed by atoms with van der Waals surface area (Å²) in [6, 6.07) is -0.847. The van der Waals surface area contributed by atoms with Crippen molar-refractivity contribution < 1.29 is 33.8 Å². The summed E-state index contributed by atoms with van der Waals surface area (Å²) in [6.07, 6.45) is 9.01. The van der Waals surface area contributed by atoms with E-state index in [9.17, 15) is 24.3 Å². The summed E-state index contributed by atoms with van der Waals surface area (Å²) < 4.78 is 10.1. The number of unbranched alkanes of at least 4 members (excludes halogenated alkanes) is 7. The molecule has 0 radical (unpaired) electrons. The summed E-state index contributed by atoms with van der Waals surface area (Å²) in [5.41, 5.74) is 6.34. The zero-order chi connectivity index (χ0) is 25.5. The van der Waals surface area contributed by atoms with Crippen molar-refractivity contribution in [1.82, 2.24) is 5.32 Å². The van der Waals surface area contributed by atoms with Crippen molar-refractivity contribution in [2.24, 2.45) is 5.73 Å². The van der Waals surface area contributed by atoms with Gasteiger partial charge in [0.05, 0.1) is 14.2 Å². The number of carboxylic acid groups (broad SMARTS) is 1. The van der Waals surface area contributed by atoms with Crippen LogP contribution in [0, 0.1) is 0 Å². The van der Waals surface area contributed by atoms with Crippen LogP contribution in [-0.4, -0.2) is 55.4 Å². The van der Waals surface area contributed by atoms with Gasteiger partial charge in [0, 0.05) is 17.6 Å². The zero-order valence-corrected chi connectivity index (χ0v) is 20.7. The molecular weight excluding hydrogens is 440 g/mol. The Morgan fingerprint density at radius 3 is 2.00 bits per heavy atom. The Bertz CT molecular complexity index is 786. The van der Waals surface area contributed by atoms with Crippen LogP contribution in [0.1, 0.15) is 84.0 Å². The fourth-order valence-corrected chi connectivity index (χ4v) is 3.98. The molecule has 0 aromatic heterocycles. The molecule has 0 spiro atoms. The van der Waals surface area contributed by atoms with E-state index in [-0.39, 0.29) is 29.0 Å². The number of carbonyl (C=O) groups excluding carboxylic acids is 3. The molecular formula is C25H40N2O7. The molecule has 0 saturated heterocycles. The summed E-state index contributed by atoms with van der Waals surface area (Å²) >= 11 is 0. The second-order valence-corrected chi connectivity index (χ2v) is 8.55. The highest BCUT2D eigenvalue weighted by molar-refractivity contribution is 6.23. The van der Waals surface area contributed by atoms with Crippen LogP contribution in [0.5, 0.6) is 0 Å². The standard InChI is InChI=1S/C25H40N2O7/c1-17-18(22(30)24(34-3)23(33-2)21(17)29)13-9-7-5-4-6-8-10-15-20(28)27-19(25(31)32)14-11-12-16-26/h19H,4-16,26H2,1-3H3,(H,27,28)(H,31,32)/t19-/m0/s1. The smallest absolute Gasteiger partial charge is 0.326 e. The quantitative estimate of drug-likeness (QED) is 0.200. The summed E-state index contributed by atoms with van der Waals surface area (Å²) in [4.78, 5) is 48.2. The van der Waals surface area contributed by atoms with Crippen LogP contribution in [0.3, 0.4) is 0 Å². The third kappa shape index (κ3) is 9.29. The van der Waals surface area contributed by atoms with Crippen molar-refractivity contribution in [1.29, 1.82) is 0 Å². The number of hydrogen-bond acceptors (Lipinski definition) is 7. The first-order valence-electron chi connectivity index (χ1n) is 12.1. The number of ketones is 2. The topological polar surface area (TPSA) is 145 Å². The van der Waals surface area contributed by atoms with Crippen LogP contribution >= 0.6 is 0 Å². The number of amides is 1. The van der Waals surface area contributed by atoms with Gasteiger partial charge in [-0.05, 0) is 52.0 Å². The molecule has 0 aliphatic heterocycles. The summed E-state index contributed by atoms with van der Waals surface area (Å²) in [5.74, 6) is -1.88. The number of carboxylic acids is 1. The van der Waals surface area contributed by atoms with Gasteiger partial charge in [0.2, 0.25) is 29.0 Å². The molecule has 34 heavy (non-hydrogen) atoms. The maximum absolute atomic E-state index is 12.6. The Morgan fingerprint density at radius 1 is 0.882 bits per heavy atom. The van der Waals surface area contributed by atoms with Gasteiger partial charge < -0.3 is 25.6 Å². The van der Waals surface area contributed by atoms with E-state index >= 15 is 0 Å². The minimum Gasteiger partial charge on any atom is -0.489 e. The van der Waals surface area contributed by atoms with Crippen molar-refractivity contribution in [3.63, 3.8) is 0 Å². The number of allylic oxidation sites excluding steroid dienone is 2. The first-order chi connectivity index (χ1) is 16.3. The number of nitrogens with two attached hydrogens (primary N) is 1. The molecule has 192 valence electrons. The lowest BCUT2D eigenvalue weighted by Crippen LogP contribution is -2.40. The van der Waals surface area contributed by atoms with Crippen LogP contribution in [0.15, 0.2) is 22.7 Å². The van der Waals surface area contributed by atoms with Crippen LogP contribution in [0.2, 0.25) is 0 Å². The predicted octanol–water partition coefficient (Wildman–Crippen LogP) is 3.17. The van der Waals surface area contributed by atoms with Gasteiger partial charge in [0.25, 0.3) is 0 Å². The fraction of sp³-hybridized carbons (Fsp3) is 0.680. The highest BCUT2D eigenvalue weighted by atomic mass is 16.5. The molecule has 1 aliphatic rings. The van der Waals surface area contributed by atoms with E-state index in [0.717, 1.165) is 51.4 Å². The Kier molecular flexibility index (Phi) is 13.8. The average molecular weight is 481 g/mol. The fourth-order valence-electron chi connectivity index (χ4n) is 3.98. The van der Waals surface area contributed by atoms with Gasteiger partial charge >= 0.3 is 5.97 Å². The van der Waals surface area contributed by atoms with Gasteiger partial charge in [-0.25, -0.2) is 4.79 Å². The van der Waals surface area contributed by atoms with Crippen molar-refractivity contribution in [2.45, 2.75) is 90.0 Å². The lowest BCUT2D eigenvalue weighted by atomic mass is 9.89. The van der Waals surface area contributed by atoms with Gasteiger partial charge in [-0.2, -0.15) is 0 Å². The SMILES string of the molecule is COC1=C(OC)C(=O)C(CCCCCCCCCC(=O)N[C@@H](CCCCN)C(=O)O)=C(C)C1=O. The monoisotopic (exact) mass is 480 g/mol. The Hall–Kier alpha value is -2.68. The largest absolute Gasteiger partial charge is 0.489 e. The normalized spacial score (nSPS) is 14.9. The summed E-state index contributed by atoms with van der Waals surface area (Å²) in [7, 11) is 2.71. The van der Waals surface area contributed by atoms with E-state index in [4.69, 9.17) is 15.2 Å². The molecule has 9 heteroatoms. The van der Waals surface area contributed by atoms with Crippen LogP contribution in [0.4, 0.5) is 0 Å². The molecule has 0 unspecified atom stereocenters. The second-order valence-electron chi connectivity index (χ2n) is 8.55. The first kappa shape index (κ1) is 29.4. The van der Waals surface area contributed by atoms with E-state index in [1.54, 1.807) is 6.92 Å². The molecule has 4 N–H and O–H groups in total. The number of aliphatic carboxylic acids is 1. The molecule has 0 fully saturated rings. The zero-order valence-electron chi connectivity index (χ0n) is 20.7. The third-order valence-electron chi connectivity index (χ3n) is 6.01. The summed E-state index contributed by atoms with van der Waals surface area (Å²) in [6.45, 7) is 2.16. The Morgan fingerprint density at radius 2 is 1.44 bits per heavy atom. The predicted molar refractivity (Wildman–Crippen MR) is 128 cm³/mol. The minimum atomic E-state index is -1.01. The first-order valence-corrected chi connectivity index (χ1v) is 12.1. The molecule has 0 aromatic carbocycles. The molecule has 1 atom stereocenters. The van der Waals surface area contributed by atoms with E-state index in [1.165, 1.54) is 14.2 Å². The molecule has 0 aromatic rings. The Balaban J connectivity index is 2.22. The van der Waals surface area contributed by atoms with Gasteiger partial charge in [0.15, 0.2) is 0 Å². The van der Waals surface area contributed by atoms with Crippen molar-refractivity contribution in [3.8, 4) is 0 Å². The number of ether oxygens (including phenoxy) is 2. The van der Waals surface area contributed by atoms with Crippen LogP contribution in [-0.2, 0) is 28.7 Å². The van der Waals surface area contributed by atoms with E-state index in [1.807, 2.05) is 0 Å². The van der Waals surface area contributed by atoms with Crippen molar-refractivity contribution in [2.75, 3.05) is 20.8 Å². The van der Waals surface area contributed by atoms with Crippen LogP contribution < -0.4 is 11.1 Å². The van der Waals surface area contributed by atoms with Crippen LogP contribution in [0.25, 0.3) is 0 Å². The van der Waals surface area contributed by atoms with E-state index in [2.05, 4.69) is 5.32 Å². The molecule has 0 bridgehead atoms. The summed E-state index contributed by atoms with van der Waals surface area (Å²) in [5, 5.41) is 11.8. The minimum absolute atomic E-state index is 0.0256. The van der Waals surface area contributed by atoms with Gasteiger partial charge in [0.1, 0.15) is 6.04 Å². The Labute approximate surface area is 202 Å². The number of methoxy groups -OCH3 is 2. The highest BCUT2D eigenvalue weighted by Gasteiger charge is 2.34. The number of nitrogens with one attached hydrogen (secondary N) is 1. The van der Waals surface area contributed by atoms with Gasteiger partial charge in [-0.1, -0.05) is 32.1 Å². The highest BCUT2D eigenvalue weighted by Crippen LogP contribution is 2.28. The molecule has 0 saturated carbocycles. The second kappa shape index (κ2) is 16.0. The molecule has 1 aliphatic carbocycles. The van der Waals surface area contributed by atoms with Gasteiger partial charge in [-0.15, -0.1) is 0 Å². The molecule has 9 nitrogen and oxygen atoms in total. The van der Waals surface area contributed by atoms with Crippen molar-refractivity contribution in [3.05, 3.63) is 22.7 Å². The maximum Gasteiger partial charge on any atom is 0.326 e. The molecule has 1 rings (SSSR count). The average Bonchev–Trinajstić information content (AvgIpc) is 2.81. The lowest BCUT2D eigenvalue weighted by Gasteiger charge is -2.20. The number of rotatable bonds is 18. The lowest BCUT2D eigenvalue weighted by molar-refractivity contribution is -0.142. The molecule has 0 heterocycles. The van der Waals surface area contributed by atoms with E-state index < -0.39 is 12.0 Å². The van der Waals surface area contributed by atoms with Gasteiger partial charge in [-0.3, -0.25) is 14.4 Å². The van der Waals surface area contributed by atoms with Crippen molar-refractivity contribution >= 4 is 23.4 Å². The van der Waals surface area contributed by atoms with E-state index in [0.29, 0.717) is 43.4 Å².